The van der Waals surface area contributed by atoms with Crippen LogP contribution in [0.3, 0.4) is 0 Å². The van der Waals surface area contributed by atoms with Gasteiger partial charge in [0.05, 0.1) is 17.8 Å². The molecule has 11 nitrogen and oxygen atoms in total. The van der Waals surface area contributed by atoms with Crippen molar-refractivity contribution in [2.45, 2.75) is 32.9 Å². The van der Waals surface area contributed by atoms with Crippen LogP contribution in [0.2, 0.25) is 0 Å². The maximum absolute atomic E-state index is 12.7. The summed E-state index contributed by atoms with van der Waals surface area (Å²) in [5.74, 6) is 1.52. The highest BCUT2D eigenvalue weighted by atomic mass is 16.5. The molecule has 0 N–H and O–H groups in total. The number of rotatable bonds is 5. The molecule has 32 heavy (non-hydrogen) atoms. The van der Waals surface area contributed by atoms with Gasteiger partial charge < -0.3 is 18.8 Å². The molecule has 5 heterocycles. The van der Waals surface area contributed by atoms with Crippen LogP contribution in [-0.2, 0) is 20.6 Å². The lowest BCUT2D eigenvalue weighted by Crippen LogP contribution is -2.32. The third-order valence-electron chi connectivity index (χ3n) is 5.86. The summed E-state index contributed by atoms with van der Waals surface area (Å²) in [6.45, 7) is 5.88. The number of likely N-dealkylation sites (tertiary alicyclic amines) is 1. The van der Waals surface area contributed by atoms with Crippen molar-refractivity contribution in [3.63, 3.8) is 0 Å². The zero-order valence-electron chi connectivity index (χ0n) is 18.6. The number of carbonyl (C=O) groups is 1. The Balaban J connectivity index is 1.40. The zero-order chi connectivity index (χ0) is 22.4. The largest absolute Gasteiger partial charge is 0.471 e. The maximum Gasteiger partial charge on any atom is 0.289 e. The Hall–Kier alpha value is -3.76. The molecular formula is C21H25N9O2. The van der Waals surface area contributed by atoms with Crippen molar-refractivity contribution in [3.05, 3.63) is 36.4 Å². The van der Waals surface area contributed by atoms with E-state index < -0.39 is 0 Å². The smallest absolute Gasteiger partial charge is 0.289 e. The lowest BCUT2D eigenvalue weighted by atomic mass is 10.2. The number of fused-ring (bicyclic) bond motifs is 1. The first kappa shape index (κ1) is 20.2. The van der Waals surface area contributed by atoms with Crippen LogP contribution in [0.1, 0.15) is 29.7 Å². The van der Waals surface area contributed by atoms with Gasteiger partial charge in [0.2, 0.25) is 5.88 Å². The molecule has 0 saturated carbocycles. The van der Waals surface area contributed by atoms with E-state index in [2.05, 4.69) is 20.1 Å². The minimum Gasteiger partial charge on any atom is -0.471 e. The topological polar surface area (TPSA) is 109 Å². The monoisotopic (exact) mass is 435 g/mol. The van der Waals surface area contributed by atoms with Crippen LogP contribution in [-0.4, -0.2) is 68.9 Å². The molecule has 0 unspecified atom stereocenters. The second-order valence-corrected chi connectivity index (χ2v) is 7.97. The van der Waals surface area contributed by atoms with Crippen molar-refractivity contribution in [1.82, 2.24) is 43.8 Å². The molecule has 0 radical (unpaired) electrons. The third-order valence-corrected chi connectivity index (χ3v) is 5.86. The van der Waals surface area contributed by atoms with Gasteiger partial charge in [0.25, 0.3) is 5.91 Å². The van der Waals surface area contributed by atoms with Gasteiger partial charge in [-0.15, -0.1) is 0 Å². The van der Waals surface area contributed by atoms with Gasteiger partial charge in [-0.3, -0.25) is 9.48 Å². The summed E-state index contributed by atoms with van der Waals surface area (Å²) in [5.41, 5.74) is 3.14. The molecule has 1 saturated heterocycles. The standard InChI is InChI=1S/C21H25N9O2/c1-5-30-11-15(13(2)26-30)17-25-16-18(28(17)4)23-12-24-20(16)32-14-6-8-29(10-14)21(31)19-22-7-9-27(19)3/h7,9,11-12,14H,5-6,8,10H2,1-4H3/t14-/m0/s1. The summed E-state index contributed by atoms with van der Waals surface area (Å²) in [4.78, 5) is 32.2. The Morgan fingerprint density at radius 3 is 2.81 bits per heavy atom. The lowest BCUT2D eigenvalue weighted by molar-refractivity contribution is 0.0756. The number of aryl methyl sites for hydroxylation is 4. The summed E-state index contributed by atoms with van der Waals surface area (Å²) in [5, 5.41) is 4.53. The highest BCUT2D eigenvalue weighted by Gasteiger charge is 2.31. The van der Waals surface area contributed by atoms with E-state index in [-0.39, 0.29) is 12.0 Å². The fraction of sp³-hybridized carbons (Fsp3) is 0.429. The van der Waals surface area contributed by atoms with Gasteiger partial charge in [-0.05, 0) is 13.8 Å². The van der Waals surface area contributed by atoms with E-state index in [4.69, 9.17) is 9.72 Å². The second kappa shape index (κ2) is 7.74. The van der Waals surface area contributed by atoms with Crippen molar-refractivity contribution in [1.29, 1.82) is 0 Å². The van der Waals surface area contributed by atoms with E-state index in [0.717, 1.165) is 23.6 Å². The van der Waals surface area contributed by atoms with Crippen LogP contribution in [0.5, 0.6) is 5.88 Å². The molecule has 4 aromatic rings. The first-order chi connectivity index (χ1) is 15.5. The Morgan fingerprint density at radius 1 is 1.25 bits per heavy atom. The van der Waals surface area contributed by atoms with E-state index in [1.54, 1.807) is 21.9 Å². The quantitative estimate of drug-likeness (QED) is 0.468. The Bertz CT molecular complexity index is 1300. The van der Waals surface area contributed by atoms with Gasteiger partial charge in [-0.25, -0.2) is 15.0 Å². The number of nitrogens with zero attached hydrogens (tertiary/aromatic N) is 9. The van der Waals surface area contributed by atoms with Gasteiger partial charge in [-0.2, -0.15) is 10.1 Å². The van der Waals surface area contributed by atoms with Crippen molar-refractivity contribution in [3.8, 4) is 17.3 Å². The van der Waals surface area contributed by atoms with Crippen molar-refractivity contribution >= 4 is 17.1 Å². The van der Waals surface area contributed by atoms with Gasteiger partial charge in [0, 0.05) is 52.2 Å². The molecule has 0 aliphatic carbocycles. The highest BCUT2D eigenvalue weighted by molar-refractivity contribution is 5.91. The fourth-order valence-corrected chi connectivity index (χ4v) is 4.08. The Labute approximate surface area is 184 Å². The van der Waals surface area contributed by atoms with E-state index >= 15 is 0 Å². The van der Waals surface area contributed by atoms with Crippen LogP contribution in [0.25, 0.3) is 22.6 Å². The molecule has 5 rings (SSSR count). The van der Waals surface area contributed by atoms with E-state index in [1.807, 2.05) is 43.4 Å². The molecule has 1 aliphatic heterocycles. The van der Waals surface area contributed by atoms with Crippen LogP contribution in [0, 0.1) is 6.92 Å². The minimum absolute atomic E-state index is 0.0973. The Morgan fingerprint density at radius 2 is 2.09 bits per heavy atom. The molecule has 1 atom stereocenters. The maximum atomic E-state index is 12.7. The molecular weight excluding hydrogens is 410 g/mol. The third kappa shape index (κ3) is 3.29. The van der Waals surface area contributed by atoms with Crippen molar-refractivity contribution in [2.24, 2.45) is 14.1 Å². The number of ether oxygens (including phenoxy) is 1. The number of carbonyl (C=O) groups excluding carboxylic acids is 1. The van der Waals surface area contributed by atoms with Crippen molar-refractivity contribution < 1.29 is 9.53 Å². The number of imidazole rings is 2. The fourth-order valence-electron chi connectivity index (χ4n) is 4.08. The first-order valence-corrected chi connectivity index (χ1v) is 10.6. The number of aromatic nitrogens is 8. The molecule has 0 aromatic carbocycles. The average Bonchev–Trinajstić information content (AvgIpc) is 3.56. The first-order valence-electron chi connectivity index (χ1n) is 10.6. The normalized spacial score (nSPS) is 16.2. The number of hydrogen-bond donors (Lipinski definition) is 0. The van der Waals surface area contributed by atoms with E-state index in [0.29, 0.717) is 42.4 Å². The van der Waals surface area contributed by atoms with Gasteiger partial charge in [0.1, 0.15) is 18.3 Å². The van der Waals surface area contributed by atoms with E-state index in [1.165, 1.54) is 6.33 Å². The van der Waals surface area contributed by atoms with Crippen LogP contribution >= 0.6 is 0 Å². The number of hydrogen-bond acceptors (Lipinski definition) is 7. The minimum atomic E-state index is -0.174. The summed E-state index contributed by atoms with van der Waals surface area (Å²) in [6, 6.07) is 0. The second-order valence-electron chi connectivity index (χ2n) is 7.97. The molecule has 1 fully saturated rings. The van der Waals surface area contributed by atoms with Crippen molar-refractivity contribution in [2.75, 3.05) is 13.1 Å². The Kier molecular flexibility index (Phi) is 4.87. The zero-order valence-corrected chi connectivity index (χ0v) is 18.6. The lowest BCUT2D eigenvalue weighted by Gasteiger charge is -2.16. The predicted octanol–water partition coefficient (Wildman–Crippen LogP) is 1.58. The predicted molar refractivity (Wildman–Crippen MR) is 116 cm³/mol. The molecule has 1 aliphatic rings. The van der Waals surface area contributed by atoms with Gasteiger partial charge in [-0.1, -0.05) is 0 Å². The number of amides is 1. The molecule has 1 amide bonds. The van der Waals surface area contributed by atoms with Gasteiger partial charge in [0.15, 0.2) is 17.0 Å². The molecule has 0 spiro atoms. The SMILES string of the molecule is CCn1cc(-c2nc3c(O[C@H]4CCN(C(=O)c5nccn5C)C4)ncnc3n2C)c(C)n1. The molecule has 166 valence electrons. The summed E-state index contributed by atoms with van der Waals surface area (Å²) in [7, 11) is 3.74. The summed E-state index contributed by atoms with van der Waals surface area (Å²) < 4.78 is 11.8. The average molecular weight is 435 g/mol. The molecule has 11 heteroatoms. The summed E-state index contributed by atoms with van der Waals surface area (Å²) >= 11 is 0. The van der Waals surface area contributed by atoms with Crippen LogP contribution < -0.4 is 4.74 Å². The van der Waals surface area contributed by atoms with Crippen LogP contribution in [0.15, 0.2) is 24.9 Å². The molecule has 4 aromatic heterocycles. The van der Waals surface area contributed by atoms with E-state index in [9.17, 15) is 4.79 Å². The van der Waals surface area contributed by atoms with Crippen LogP contribution in [0.4, 0.5) is 0 Å². The van der Waals surface area contributed by atoms with Gasteiger partial charge >= 0.3 is 0 Å². The highest BCUT2D eigenvalue weighted by Crippen LogP contribution is 2.29. The molecule has 0 bridgehead atoms. The summed E-state index contributed by atoms with van der Waals surface area (Å²) in [6.07, 6.45) is 7.40.